The van der Waals surface area contributed by atoms with Crippen LogP contribution in [-0.4, -0.2) is 45.7 Å². The van der Waals surface area contributed by atoms with Crippen LogP contribution < -0.4 is 5.73 Å². The average molecular weight is 479 g/mol. The fourth-order valence-corrected chi connectivity index (χ4v) is 3.28. The minimum Gasteiger partial charge on any atom is -0.465 e. The lowest BCUT2D eigenvalue weighted by Crippen LogP contribution is -2.23. The molecule has 0 unspecified atom stereocenters. The van der Waals surface area contributed by atoms with Crippen molar-refractivity contribution in [3.63, 3.8) is 0 Å². The zero-order valence-electron chi connectivity index (χ0n) is 16.4. The minimum absolute atomic E-state index is 0.0263. The molecular weight excluding hydrogens is 461 g/mol. The van der Waals surface area contributed by atoms with E-state index in [-0.39, 0.29) is 23.0 Å². The summed E-state index contributed by atoms with van der Waals surface area (Å²) < 4.78 is 72.8. The second-order valence-corrected chi connectivity index (χ2v) is 8.55. The number of ether oxygens (including phenoxy) is 1. The Morgan fingerprint density at radius 2 is 1.94 bits per heavy atom. The van der Waals surface area contributed by atoms with E-state index < -0.39 is 45.0 Å². The second-order valence-electron chi connectivity index (χ2n) is 6.16. The summed E-state index contributed by atoms with van der Waals surface area (Å²) in [4.78, 5) is 15.4. The Morgan fingerprint density at radius 3 is 2.52 bits per heavy atom. The molecule has 0 saturated carbocycles. The number of carbonyl (C=O) groups is 1. The van der Waals surface area contributed by atoms with Crippen molar-refractivity contribution in [3.8, 4) is 11.3 Å². The molecule has 0 bridgehead atoms. The monoisotopic (exact) mass is 478 g/mol. The Kier molecular flexibility index (Phi) is 7.55. The molecule has 168 valence electrons. The molecule has 0 fully saturated rings. The number of sulfone groups is 1. The fourth-order valence-electron chi connectivity index (χ4n) is 2.36. The highest BCUT2D eigenvalue weighted by Crippen LogP contribution is 2.30. The van der Waals surface area contributed by atoms with Gasteiger partial charge in [-0.2, -0.15) is 13.2 Å². The number of furan rings is 1. The first-order valence-corrected chi connectivity index (χ1v) is 10.9. The number of nitrogens with zero attached hydrogens (tertiary/aromatic N) is 1. The van der Waals surface area contributed by atoms with Crippen LogP contribution in [0.4, 0.5) is 13.2 Å². The number of benzene rings is 1. The van der Waals surface area contributed by atoms with Crippen molar-refractivity contribution in [1.82, 2.24) is 0 Å². The number of allylic oxidation sites excluding steroid dienone is 2. The molecule has 2 aromatic rings. The van der Waals surface area contributed by atoms with Gasteiger partial charge in [0.1, 0.15) is 23.7 Å². The van der Waals surface area contributed by atoms with Crippen molar-refractivity contribution in [3.05, 3.63) is 52.9 Å². The van der Waals surface area contributed by atoms with Gasteiger partial charge in [-0.25, -0.2) is 8.42 Å². The van der Waals surface area contributed by atoms with Gasteiger partial charge in [0, 0.05) is 11.8 Å². The summed E-state index contributed by atoms with van der Waals surface area (Å²) in [6, 6.07) is 8.43. The first-order chi connectivity index (χ1) is 14.3. The maximum Gasteiger partial charge on any atom is 0.432 e. The van der Waals surface area contributed by atoms with Crippen LogP contribution in [0.2, 0.25) is 0 Å². The van der Waals surface area contributed by atoms with Crippen molar-refractivity contribution < 1.29 is 35.5 Å². The van der Waals surface area contributed by atoms with Gasteiger partial charge in [0.15, 0.2) is 15.6 Å². The fraction of sp³-hybridized carbons (Fsp3) is 0.263. The van der Waals surface area contributed by atoms with Crippen LogP contribution in [0.3, 0.4) is 0 Å². The number of nitrogens with two attached hydrogens (primary N) is 1. The van der Waals surface area contributed by atoms with Gasteiger partial charge in [0.05, 0.1) is 16.5 Å². The van der Waals surface area contributed by atoms with E-state index in [1.54, 1.807) is 13.0 Å². The van der Waals surface area contributed by atoms with Gasteiger partial charge in [-0.1, -0.05) is 23.7 Å². The molecule has 7 nitrogen and oxygen atoms in total. The first-order valence-electron chi connectivity index (χ1n) is 8.68. The van der Waals surface area contributed by atoms with Gasteiger partial charge in [-0.05, 0) is 31.2 Å². The highest BCUT2D eigenvalue weighted by Gasteiger charge is 2.36. The molecular formula is C19H18ClF3N2O5S. The number of rotatable bonds is 7. The molecule has 12 heteroatoms. The number of hydrogen-bond donors (Lipinski definition) is 1. The molecule has 2 rings (SSSR count). The SMILES string of the molecule is CCOC(=O)CN=C(/C(Cl)=C(\N)C(F)(F)F)c1ccc(-c2cccc(S(C)(=O)=O)c2)o1. The zero-order valence-corrected chi connectivity index (χ0v) is 17.9. The van der Waals surface area contributed by atoms with Gasteiger partial charge in [0.2, 0.25) is 0 Å². The van der Waals surface area contributed by atoms with Crippen molar-refractivity contribution in [2.75, 3.05) is 19.4 Å². The van der Waals surface area contributed by atoms with Gasteiger partial charge in [-0.3, -0.25) is 9.79 Å². The smallest absolute Gasteiger partial charge is 0.432 e. The lowest BCUT2D eigenvalue weighted by molar-refractivity contribution is -0.141. The molecule has 1 aromatic carbocycles. The van der Waals surface area contributed by atoms with Crippen molar-refractivity contribution >= 4 is 33.1 Å². The lowest BCUT2D eigenvalue weighted by Gasteiger charge is -2.11. The topological polar surface area (TPSA) is 112 Å². The van der Waals surface area contributed by atoms with Crippen LogP contribution in [0.1, 0.15) is 12.7 Å². The van der Waals surface area contributed by atoms with E-state index in [1.165, 1.54) is 30.3 Å². The van der Waals surface area contributed by atoms with Gasteiger partial charge in [0.25, 0.3) is 0 Å². The standard InChI is InChI=1S/C19H18ClF3N2O5S/c1-3-29-15(26)10-25-17(16(20)18(24)19(21,22)23)14-8-7-13(30-14)11-5-4-6-12(9-11)31(2,27)28/h4-9H,3,10,24H2,1-2H3/b18-16+,25-17?. The number of halogens is 4. The normalized spacial score (nSPS) is 13.7. The van der Waals surface area contributed by atoms with E-state index in [2.05, 4.69) is 4.99 Å². The molecule has 0 spiro atoms. The average Bonchev–Trinajstić information content (AvgIpc) is 3.16. The van der Waals surface area contributed by atoms with Crippen LogP contribution in [0.5, 0.6) is 0 Å². The van der Waals surface area contributed by atoms with E-state index >= 15 is 0 Å². The molecule has 1 aromatic heterocycles. The third kappa shape index (κ3) is 6.34. The maximum absolute atomic E-state index is 13.0. The van der Waals surface area contributed by atoms with Crippen LogP contribution in [0, 0.1) is 0 Å². The van der Waals surface area contributed by atoms with E-state index in [9.17, 15) is 26.4 Å². The summed E-state index contributed by atoms with van der Waals surface area (Å²) in [5, 5.41) is -0.956. The van der Waals surface area contributed by atoms with Crippen LogP contribution in [0.25, 0.3) is 11.3 Å². The van der Waals surface area contributed by atoms with Gasteiger partial charge in [-0.15, -0.1) is 0 Å². The molecule has 0 aliphatic rings. The van der Waals surface area contributed by atoms with Crippen LogP contribution in [-0.2, 0) is 19.4 Å². The van der Waals surface area contributed by atoms with E-state index in [4.69, 9.17) is 26.5 Å². The highest BCUT2D eigenvalue weighted by molar-refractivity contribution is 7.90. The second kappa shape index (κ2) is 9.56. The van der Waals surface area contributed by atoms with E-state index in [0.717, 1.165) is 6.26 Å². The number of hydrogen-bond acceptors (Lipinski definition) is 7. The zero-order chi connectivity index (χ0) is 23.4. The van der Waals surface area contributed by atoms with Crippen molar-refractivity contribution in [1.29, 1.82) is 0 Å². The molecule has 0 aliphatic carbocycles. The summed E-state index contributed by atoms with van der Waals surface area (Å²) >= 11 is 5.83. The highest BCUT2D eigenvalue weighted by atomic mass is 35.5. The predicted octanol–water partition coefficient (Wildman–Crippen LogP) is 3.67. The number of alkyl halides is 3. The molecule has 1 heterocycles. The summed E-state index contributed by atoms with van der Waals surface area (Å²) in [6.45, 7) is 0.990. The third-order valence-electron chi connectivity index (χ3n) is 3.81. The summed E-state index contributed by atoms with van der Waals surface area (Å²) in [5.41, 5.74) is 3.33. The van der Waals surface area contributed by atoms with Crippen LogP contribution in [0.15, 0.2) is 61.4 Å². The van der Waals surface area contributed by atoms with E-state index in [0.29, 0.717) is 5.56 Å². The molecule has 0 saturated heterocycles. The molecule has 0 atom stereocenters. The number of carbonyl (C=O) groups excluding carboxylic acids is 1. The van der Waals surface area contributed by atoms with Crippen molar-refractivity contribution in [2.45, 2.75) is 18.0 Å². The molecule has 0 aliphatic heterocycles. The summed E-state index contributed by atoms with van der Waals surface area (Å²) in [5.74, 6) is -0.858. The number of aliphatic imine (C=N–C) groups is 1. The Hall–Kier alpha value is -2.79. The molecule has 0 radical (unpaired) electrons. The van der Waals surface area contributed by atoms with Crippen LogP contribution >= 0.6 is 11.6 Å². The van der Waals surface area contributed by atoms with Crippen molar-refractivity contribution in [2.24, 2.45) is 10.7 Å². The Bertz CT molecular complexity index is 1140. The first kappa shape index (κ1) is 24.5. The maximum atomic E-state index is 13.0. The number of esters is 1. The molecule has 0 amide bonds. The Labute approximate surface area is 181 Å². The Morgan fingerprint density at radius 1 is 1.26 bits per heavy atom. The minimum atomic E-state index is -4.94. The summed E-state index contributed by atoms with van der Waals surface area (Å²) in [7, 11) is -3.49. The van der Waals surface area contributed by atoms with E-state index in [1.807, 2.05) is 0 Å². The van der Waals surface area contributed by atoms with Gasteiger partial charge >= 0.3 is 12.1 Å². The molecule has 31 heavy (non-hydrogen) atoms. The van der Waals surface area contributed by atoms with Gasteiger partial charge < -0.3 is 14.9 Å². The summed E-state index contributed by atoms with van der Waals surface area (Å²) in [6.07, 6.45) is -3.91. The lowest BCUT2D eigenvalue weighted by atomic mass is 10.2. The predicted molar refractivity (Wildman–Crippen MR) is 108 cm³/mol. The Balaban J connectivity index is 2.53. The third-order valence-corrected chi connectivity index (χ3v) is 5.30. The quantitative estimate of drug-likeness (QED) is 0.480. The molecule has 2 N–H and O–H groups in total. The largest absolute Gasteiger partial charge is 0.465 e.